The molecule has 0 N–H and O–H groups in total. The zero-order chi connectivity index (χ0) is 28.8. The van der Waals surface area contributed by atoms with Crippen LogP contribution >= 0.6 is 0 Å². The third-order valence-corrected chi connectivity index (χ3v) is 10.0. The molecule has 0 fully saturated rings. The summed E-state index contributed by atoms with van der Waals surface area (Å²) in [5, 5.41) is 2.56. The van der Waals surface area contributed by atoms with Gasteiger partial charge in [-0.25, -0.2) is 0 Å². The van der Waals surface area contributed by atoms with Crippen molar-refractivity contribution in [1.29, 1.82) is 0 Å². The van der Waals surface area contributed by atoms with E-state index in [1.807, 2.05) is 0 Å². The quantitative estimate of drug-likeness (QED) is 0.199. The lowest BCUT2D eigenvalue weighted by Gasteiger charge is -2.31. The Hall–Kier alpha value is -5.66. The third kappa shape index (κ3) is 2.84. The maximum Gasteiger partial charge on any atom is 0.0746 e. The van der Waals surface area contributed by atoms with Gasteiger partial charge < -0.3 is 4.57 Å². The standard InChI is InChI=1S/C43H27N/c1-2-14-28(15-3-1)29-16-7-12-24-39(29)44-40-25-13-8-20-33(40)35-27-26-34-32-19-6-11-23-38(32)43(41(34)42(35)44)36-21-9-4-17-30(36)31-18-5-10-22-37(31)43/h1-27H. The van der Waals surface area contributed by atoms with Crippen molar-refractivity contribution in [1.82, 2.24) is 4.57 Å². The lowest BCUT2D eigenvalue weighted by atomic mass is 9.70. The second-order valence-electron chi connectivity index (χ2n) is 12.0. The molecule has 0 radical (unpaired) electrons. The van der Waals surface area contributed by atoms with Crippen molar-refractivity contribution in [3.63, 3.8) is 0 Å². The van der Waals surface area contributed by atoms with E-state index in [-0.39, 0.29) is 0 Å². The molecular weight excluding hydrogens is 530 g/mol. The molecule has 1 heteroatoms. The van der Waals surface area contributed by atoms with Gasteiger partial charge in [-0.15, -0.1) is 0 Å². The van der Waals surface area contributed by atoms with Crippen molar-refractivity contribution in [3.8, 4) is 39.1 Å². The van der Waals surface area contributed by atoms with Crippen LogP contribution in [0.15, 0.2) is 164 Å². The summed E-state index contributed by atoms with van der Waals surface area (Å²) in [5.74, 6) is 0. The molecule has 7 aromatic carbocycles. The molecule has 0 saturated carbocycles. The van der Waals surface area contributed by atoms with Crippen molar-refractivity contribution in [2.45, 2.75) is 5.41 Å². The van der Waals surface area contributed by atoms with Crippen LogP contribution in [0.5, 0.6) is 0 Å². The van der Waals surface area contributed by atoms with Crippen LogP contribution in [0.1, 0.15) is 22.3 Å². The number of hydrogen-bond donors (Lipinski definition) is 0. The summed E-state index contributed by atoms with van der Waals surface area (Å²) >= 11 is 0. The van der Waals surface area contributed by atoms with E-state index in [9.17, 15) is 0 Å². The molecule has 1 spiro atoms. The Balaban J connectivity index is 1.45. The van der Waals surface area contributed by atoms with Gasteiger partial charge in [0.25, 0.3) is 0 Å². The van der Waals surface area contributed by atoms with Gasteiger partial charge in [0, 0.05) is 21.9 Å². The number of aromatic nitrogens is 1. The maximum atomic E-state index is 2.56. The van der Waals surface area contributed by atoms with E-state index >= 15 is 0 Å². The average molecular weight is 558 g/mol. The van der Waals surface area contributed by atoms with Gasteiger partial charge in [0.15, 0.2) is 0 Å². The van der Waals surface area contributed by atoms with Crippen LogP contribution < -0.4 is 0 Å². The number of fused-ring (bicyclic) bond motifs is 14. The van der Waals surface area contributed by atoms with Gasteiger partial charge in [0.2, 0.25) is 0 Å². The van der Waals surface area contributed by atoms with E-state index in [4.69, 9.17) is 0 Å². The Kier molecular flexibility index (Phi) is 4.71. The molecule has 0 aliphatic heterocycles. The highest BCUT2D eigenvalue weighted by atomic mass is 15.0. The van der Waals surface area contributed by atoms with E-state index in [1.54, 1.807) is 0 Å². The number of rotatable bonds is 2. The van der Waals surface area contributed by atoms with Crippen LogP contribution in [0.25, 0.3) is 60.9 Å². The summed E-state index contributed by atoms with van der Waals surface area (Å²) in [6.45, 7) is 0. The predicted octanol–water partition coefficient (Wildman–Crippen LogP) is 10.8. The van der Waals surface area contributed by atoms with E-state index < -0.39 is 5.41 Å². The van der Waals surface area contributed by atoms with E-state index in [1.165, 1.54) is 83.1 Å². The smallest absolute Gasteiger partial charge is 0.0746 e. The van der Waals surface area contributed by atoms with Gasteiger partial charge in [-0.3, -0.25) is 0 Å². The minimum Gasteiger partial charge on any atom is -0.308 e. The second-order valence-corrected chi connectivity index (χ2v) is 12.0. The average Bonchev–Trinajstić information content (AvgIpc) is 3.70. The van der Waals surface area contributed by atoms with E-state index in [2.05, 4.69) is 168 Å². The zero-order valence-electron chi connectivity index (χ0n) is 24.0. The Morgan fingerprint density at radius 3 is 1.57 bits per heavy atom. The van der Waals surface area contributed by atoms with Crippen LogP contribution in [0.2, 0.25) is 0 Å². The van der Waals surface area contributed by atoms with Crippen LogP contribution in [-0.4, -0.2) is 4.57 Å². The lowest BCUT2D eigenvalue weighted by molar-refractivity contribution is 0.797. The molecule has 204 valence electrons. The molecule has 8 aromatic rings. The van der Waals surface area contributed by atoms with Crippen molar-refractivity contribution in [2.24, 2.45) is 0 Å². The normalized spacial score (nSPS) is 13.6. The molecule has 0 saturated heterocycles. The minimum atomic E-state index is -0.424. The molecule has 0 amide bonds. The second kappa shape index (κ2) is 8.69. The fraction of sp³-hybridized carbons (Fsp3) is 0.0233. The minimum absolute atomic E-state index is 0.424. The summed E-state index contributed by atoms with van der Waals surface area (Å²) in [6.07, 6.45) is 0. The van der Waals surface area contributed by atoms with Gasteiger partial charge >= 0.3 is 0 Å². The summed E-state index contributed by atoms with van der Waals surface area (Å²) in [6, 6.07) is 60.6. The van der Waals surface area contributed by atoms with Crippen LogP contribution in [-0.2, 0) is 5.41 Å². The third-order valence-electron chi connectivity index (χ3n) is 10.0. The van der Waals surface area contributed by atoms with Gasteiger partial charge in [0.1, 0.15) is 0 Å². The number of hydrogen-bond acceptors (Lipinski definition) is 0. The molecular formula is C43H27N. The van der Waals surface area contributed by atoms with Crippen LogP contribution in [0.3, 0.4) is 0 Å². The maximum absolute atomic E-state index is 2.56. The van der Waals surface area contributed by atoms with Gasteiger partial charge in [-0.2, -0.15) is 0 Å². The highest BCUT2D eigenvalue weighted by Crippen LogP contribution is 2.64. The Morgan fingerprint density at radius 2 is 0.886 bits per heavy atom. The number of benzene rings is 7. The van der Waals surface area contributed by atoms with Gasteiger partial charge in [-0.05, 0) is 56.6 Å². The Labute approximate surface area is 256 Å². The molecule has 0 unspecified atom stereocenters. The summed E-state index contributed by atoms with van der Waals surface area (Å²) < 4.78 is 2.56. The summed E-state index contributed by atoms with van der Waals surface area (Å²) in [4.78, 5) is 0. The molecule has 44 heavy (non-hydrogen) atoms. The fourth-order valence-corrected chi connectivity index (χ4v) is 8.42. The first kappa shape index (κ1) is 23.9. The molecule has 0 atom stereocenters. The molecule has 1 nitrogen and oxygen atoms in total. The fourth-order valence-electron chi connectivity index (χ4n) is 8.42. The largest absolute Gasteiger partial charge is 0.308 e. The van der Waals surface area contributed by atoms with Gasteiger partial charge in [-0.1, -0.05) is 152 Å². The molecule has 10 rings (SSSR count). The summed E-state index contributed by atoms with van der Waals surface area (Å²) in [5.41, 5.74) is 16.5. The molecule has 1 aromatic heterocycles. The first-order chi connectivity index (χ1) is 21.9. The van der Waals surface area contributed by atoms with Crippen molar-refractivity contribution >= 4 is 21.8 Å². The Morgan fingerprint density at radius 1 is 0.364 bits per heavy atom. The molecule has 1 heterocycles. The summed E-state index contributed by atoms with van der Waals surface area (Å²) in [7, 11) is 0. The monoisotopic (exact) mass is 557 g/mol. The lowest BCUT2D eigenvalue weighted by Crippen LogP contribution is -2.26. The predicted molar refractivity (Wildman–Crippen MR) is 183 cm³/mol. The molecule has 2 aliphatic rings. The van der Waals surface area contributed by atoms with E-state index in [0.29, 0.717) is 0 Å². The van der Waals surface area contributed by atoms with Crippen molar-refractivity contribution in [2.75, 3.05) is 0 Å². The molecule has 0 bridgehead atoms. The first-order valence-electron chi connectivity index (χ1n) is 15.4. The molecule has 2 aliphatic carbocycles. The SMILES string of the molecule is c1ccc(-c2ccccc2-n2c3ccccc3c3ccc4c(c32)C2(c3ccccc3-c3ccccc32)c2ccccc2-4)cc1. The van der Waals surface area contributed by atoms with Gasteiger partial charge in [0.05, 0.1) is 22.1 Å². The number of para-hydroxylation sites is 2. The zero-order valence-corrected chi connectivity index (χ0v) is 24.0. The Bertz CT molecular complexity index is 2380. The highest BCUT2D eigenvalue weighted by molar-refractivity contribution is 6.15. The topological polar surface area (TPSA) is 4.93 Å². The van der Waals surface area contributed by atoms with Crippen molar-refractivity contribution < 1.29 is 0 Å². The van der Waals surface area contributed by atoms with E-state index in [0.717, 1.165) is 0 Å². The first-order valence-corrected chi connectivity index (χ1v) is 15.4. The van der Waals surface area contributed by atoms with Crippen LogP contribution in [0, 0.1) is 0 Å². The highest BCUT2D eigenvalue weighted by Gasteiger charge is 2.53. The number of nitrogens with zero attached hydrogens (tertiary/aromatic N) is 1. The van der Waals surface area contributed by atoms with Crippen molar-refractivity contribution in [3.05, 3.63) is 186 Å². The van der Waals surface area contributed by atoms with Crippen LogP contribution in [0.4, 0.5) is 0 Å².